The van der Waals surface area contributed by atoms with Crippen LogP contribution < -0.4 is 0 Å². The van der Waals surface area contributed by atoms with Crippen molar-refractivity contribution in [2.24, 2.45) is 0 Å². The van der Waals surface area contributed by atoms with E-state index in [1.165, 1.54) is 0 Å². The highest BCUT2D eigenvalue weighted by molar-refractivity contribution is 7.08. The molecule has 3 nitrogen and oxygen atoms in total. The Morgan fingerprint density at radius 2 is 2.06 bits per heavy atom. The van der Waals surface area contributed by atoms with Gasteiger partial charge in [-0.2, -0.15) is 11.3 Å². The van der Waals surface area contributed by atoms with Crippen molar-refractivity contribution < 1.29 is 13.9 Å². The quantitative estimate of drug-likeness (QED) is 0.464. The van der Waals surface area contributed by atoms with E-state index in [1.807, 2.05) is 16.8 Å². The normalized spacial score (nSPS) is 21.1. The Labute approximate surface area is 102 Å². The van der Waals surface area contributed by atoms with Gasteiger partial charge in [-0.15, -0.1) is 0 Å². The molecule has 5 heteroatoms. The van der Waals surface area contributed by atoms with E-state index in [-0.39, 0.29) is 23.1 Å². The standard InChI is InChI=1S/C11H9ClO3S/c12-15-5-9-10(13)3-8(4-11(9)14)7-1-2-16-6-7/h1-2,5-6,8H,3-4H2. The van der Waals surface area contributed by atoms with Crippen molar-refractivity contribution in [3.8, 4) is 0 Å². The number of carbonyl (C=O) groups is 2. The average molecular weight is 257 g/mol. The molecule has 2 rings (SSSR count). The lowest BCUT2D eigenvalue weighted by atomic mass is 9.81. The number of halogens is 1. The maximum atomic E-state index is 11.7. The maximum absolute atomic E-state index is 11.7. The minimum absolute atomic E-state index is 0.00118. The molecule has 0 atom stereocenters. The molecule has 0 amide bonds. The zero-order valence-electron chi connectivity index (χ0n) is 8.31. The fourth-order valence-corrected chi connectivity index (χ4v) is 2.65. The van der Waals surface area contributed by atoms with Gasteiger partial charge in [-0.25, -0.2) is 0 Å². The van der Waals surface area contributed by atoms with Crippen molar-refractivity contribution in [2.45, 2.75) is 18.8 Å². The molecule has 0 aromatic carbocycles. The molecule has 16 heavy (non-hydrogen) atoms. The van der Waals surface area contributed by atoms with E-state index in [2.05, 4.69) is 4.29 Å². The van der Waals surface area contributed by atoms with E-state index in [0.29, 0.717) is 12.8 Å². The summed E-state index contributed by atoms with van der Waals surface area (Å²) in [5.41, 5.74) is 1.12. The molecule has 1 aliphatic carbocycles. The Kier molecular flexibility index (Phi) is 3.41. The van der Waals surface area contributed by atoms with Crippen LogP contribution in [0.5, 0.6) is 0 Å². The highest BCUT2D eigenvalue weighted by Crippen LogP contribution is 2.32. The van der Waals surface area contributed by atoms with Crippen molar-refractivity contribution in [3.63, 3.8) is 0 Å². The summed E-state index contributed by atoms with van der Waals surface area (Å²) in [6.07, 6.45) is 1.71. The van der Waals surface area contributed by atoms with Crippen LogP contribution in [0.4, 0.5) is 0 Å². The molecule has 0 radical (unpaired) electrons. The number of ketones is 2. The van der Waals surface area contributed by atoms with Crippen LogP contribution in [0.2, 0.25) is 0 Å². The van der Waals surface area contributed by atoms with Gasteiger partial charge in [0, 0.05) is 12.8 Å². The first-order valence-electron chi connectivity index (χ1n) is 4.78. The molecule has 1 aromatic heterocycles. The first-order valence-corrected chi connectivity index (χ1v) is 6.03. The van der Waals surface area contributed by atoms with E-state index >= 15 is 0 Å². The third-order valence-corrected chi connectivity index (χ3v) is 3.43. The van der Waals surface area contributed by atoms with Gasteiger partial charge < -0.3 is 4.29 Å². The van der Waals surface area contributed by atoms with Gasteiger partial charge in [-0.1, -0.05) is 0 Å². The molecule has 0 saturated heterocycles. The lowest BCUT2D eigenvalue weighted by Crippen LogP contribution is -2.24. The van der Waals surface area contributed by atoms with Crippen LogP contribution in [0.25, 0.3) is 0 Å². The fraction of sp³-hybridized carbons (Fsp3) is 0.273. The van der Waals surface area contributed by atoms with Crippen LogP contribution in [0.15, 0.2) is 28.7 Å². The predicted octanol–water partition coefficient (Wildman–Crippen LogP) is 2.82. The number of thiophene rings is 1. The fourth-order valence-electron chi connectivity index (χ4n) is 1.81. The van der Waals surface area contributed by atoms with Gasteiger partial charge in [0.05, 0.1) is 5.57 Å². The summed E-state index contributed by atoms with van der Waals surface area (Å²) in [6, 6.07) is 1.95. The SMILES string of the molecule is O=C1CC(c2ccsc2)CC(=O)C1=COCl. The van der Waals surface area contributed by atoms with Crippen molar-refractivity contribution in [3.05, 3.63) is 34.2 Å². The van der Waals surface area contributed by atoms with Crippen LogP contribution in [-0.2, 0) is 13.9 Å². The Morgan fingerprint density at radius 3 is 2.56 bits per heavy atom. The second-order valence-electron chi connectivity index (χ2n) is 3.63. The number of carbonyl (C=O) groups excluding carboxylic acids is 2. The van der Waals surface area contributed by atoms with Gasteiger partial charge in [0.15, 0.2) is 11.6 Å². The van der Waals surface area contributed by atoms with Crippen molar-refractivity contribution in [1.29, 1.82) is 0 Å². The summed E-state index contributed by atoms with van der Waals surface area (Å²) < 4.78 is 4.22. The third-order valence-electron chi connectivity index (χ3n) is 2.64. The van der Waals surface area contributed by atoms with E-state index in [4.69, 9.17) is 11.9 Å². The number of hydrogen-bond acceptors (Lipinski definition) is 4. The first kappa shape index (κ1) is 11.4. The number of Topliss-reactive ketones (excluding diaryl/α,β-unsaturated/α-hetero) is 2. The summed E-state index contributed by atoms with van der Waals surface area (Å²) in [6.45, 7) is 0. The Bertz CT molecular complexity index is 416. The van der Waals surface area contributed by atoms with E-state index in [0.717, 1.165) is 11.8 Å². The summed E-state index contributed by atoms with van der Waals surface area (Å²) in [7, 11) is 0. The monoisotopic (exact) mass is 256 g/mol. The summed E-state index contributed by atoms with van der Waals surface area (Å²) in [5, 5.41) is 3.91. The van der Waals surface area contributed by atoms with Crippen molar-refractivity contribution >= 4 is 34.8 Å². The first-order chi connectivity index (χ1) is 7.72. The van der Waals surface area contributed by atoms with Gasteiger partial charge in [0.25, 0.3) is 0 Å². The lowest BCUT2D eigenvalue weighted by Gasteiger charge is -2.20. The Morgan fingerprint density at radius 1 is 1.38 bits per heavy atom. The summed E-state index contributed by atoms with van der Waals surface area (Å²) in [4.78, 5) is 23.4. The molecule has 0 bridgehead atoms. The smallest absolute Gasteiger partial charge is 0.170 e. The molecule has 0 unspecified atom stereocenters. The second-order valence-corrected chi connectivity index (χ2v) is 4.59. The van der Waals surface area contributed by atoms with E-state index in [1.54, 1.807) is 11.3 Å². The molecule has 84 valence electrons. The van der Waals surface area contributed by atoms with Gasteiger partial charge in [0.1, 0.15) is 18.1 Å². The number of allylic oxidation sites excluding steroid dienone is 1. The van der Waals surface area contributed by atoms with Crippen LogP contribution in [0, 0.1) is 0 Å². The Hall–Kier alpha value is -1.13. The molecular formula is C11H9ClO3S. The van der Waals surface area contributed by atoms with Gasteiger partial charge in [-0.05, 0) is 28.3 Å². The largest absolute Gasteiger partial charge is 0.393 e. The van der Waals surface area contributed by atoms with Crippen LogP contribution >= 0.6 is 23.2 Å². The van der Waals surface area contributed by atoms with Gasteiger partial charge in [0.2, 0.25) is 0 Å². The third kappa shape index (κ3) is 2.18. The molecule has 1 aliphatic rings. The molecule has 1 fully saturated rings. The van der Waals surface area contributed by atoms with Gasteiger partial charge in [-0.3, -0.25) is 9.59 Å². The summed E-state index contributed by atoms with van der Waals surface area (Å²) >= 11 is 6.59. The second kappa shape index (κ2) is 4.80. The molecule has 0 N–H and O–H groups in total. The number of rotatable bonds is 2. The van der Waals surface area contributed by atoms with E-state index < -0.39 is 0 Å². The van der Waals surface area contributed by atoms with Crippen LogP contribution in [-0.4, -0.2) is 11.6 Å². The number of hydrogen-bond donors (Lipinski definition) is 0. The van der Waals surface area contributed by atoms with Gasteiger partial charge >= 0.3 is 0 Å². The van der Waals surface area contributed by atoms with Crippen molar-refractivity contribution in [2.75, 3.05) is 0 Å². The molecular weight excluding hydrogens is 248 g/mol. The maximum Gasteiger partial charge on any atom is 0.170 e. The van der Waals surface area contributed by atoms with E-state index in [9.17, 15) is 9.59 Å². The van der Waals surface area contributed by atoms with Crippen LogP contribution in [0.1, 0.15) is 24.3 Å². The highest BCUT2D eigenvalue weighted by Gasteiger charge is 2.31. The predicted molar refractivity (Wildman–Crippen MR) is 61.3 cm³/mol. The van der Waals surface area contributed by atoms with Crippen molar-refractivity contribution in [1.82, 2.24) is 0 Å². The summed E-state index contributed by atoms with van der Waals surface area (Å²) in [5.74, 6) is -0.403. The molecule has 1 saturated carbocycles. The average Bonchev–Trinajstić information content (AvgIpc) is 2.76. The topological polar surface area (TPSA) is 43.4 Å². The molecule has 1 heterocycles. The minimum Gasteiger partial charge on any atom is -0.393 e. The minimum atomic E-state index is -0.201. The molecule has 0 aliphatic heterocycles. The van der Waals surface area contributed by atoms with Crippen LogP contribution in [0.3, 0.4) is 0 Å². The molecule has 0 spiro atoms. The Balaban J connectivity index is 2.19. The molecule has 1 aromatic rings. The zero-order valence-corrected chi connectivity index (χ0v) is 9.88. The zero-order chi connectivity index (χ0) is 11.5. The lowest BCUT2D eigenvalue weighted by molar-refractivity contribution is -0.124. The highest BCUT2D eigenvalue weighted by atomic mass is 35.5.